The Balaban J connectivity index is 1.54. The third-order valence-corrected chi connectivity index (χ3v) is 3.43. The summed E-state index contributed by atoms with van der Waals surface area (Å²) in [5, 5.41) is 3.78. The third-order valence-electron chi connectivity index (χ3n) is 3.43. The molecule has 2 aromatic carbocycles. The van der Waals surface area contributed by atoms with Crippen LogP contribution in [0.1, 0.15) is 11.5 Å². The Kier molecular flexibility index (Phi) is 5.03. The normalized spacial score (nSPS) is 10.5. The van der Waals surface area contributed by atoms with Gasteiger partial charge < -0.3 is 14.0 Å². The van der Waals surface area contributed by atoms with Gasteiger partial charge in [0, 0.05) is 5.56 Å². The zero-order valence-electron chi connectivity index (χ0n) is 13.4. The average Bonchev–Trinajstić information content (AvgIpc) is 3.10. The first kappa shape index (κ1) is 16.6. The number of carbonyl (C=O) groups excluding carboxylic acids is 1. The highest BCUT2D eigenvalue weighted by molar-refractivity contribution is 5.72. The largest absolute Gasteiger partial charge is 0.497 e. The topological polar surface area (TPSA) is 74.5 Å². The lowest BCUT2D eigenvalue weighted by atomic mass is 10.1. The minimum Gasteiger partial charge on any atom is -0.497 e. The van der Waals surface area contributed by atoms with E-state index in [1.807, 2.05) is 0 Å². The SMILES string of the molecule is COc1ccc(CC(=O)OCc2nc(-c3ccc(F)cc3)no2)cc1. The molecule has 3 aromatic rings. The summed E-state index contributed by atoms with van der Waals surface area (Å²) in [7, 11) is 1.58. The molecule has 3 rings (SSSR count). The second-order valence-corrected chi connectivity index (χ2v) is 5.20. The van der Waals surface area contributed by atoms with Gasteiger partial charge in [0.1, 0.15) is 11.6 Å². The zero-order chi connectivity index (χ0) is 17.6. The number of ether oxygens (including phenoxy) is 2. The van der Waals surface area contributed by atoms with Gasteiger partial charge in [-0.1, -0.05) is 17.3 Å². The monoisotopic (exact) mass is 342 g/mol. The molecule has 0 spiro atoms. The van der Waals surface area contributed by atoms with Crippen LogP contribution in [0.5, 0.6) is 5.75 Å². The maximum atomic E-state index is 12.9. The smallest absolute Gasteiger partial charge is 0.310 e. The first-order valence-electron chi connectivity index (χ1n) is 7.51. The van der Waals surface area contributed by atoms with Crippen molar-refractivity contribution in [1.29, 1.82) is 0 Å². The molecule has 0 radical (unpaired) electrons. The van der Waals surface area contributed by atoms with Gasteiger partial charge in [0.2, 0.25) is 5.82 Å². The van der Waals surface area contributed by atoms with Crippen LogP contribution in [-0.2, 0) is 22.6 Å². The minimum atomic E-state index is -0.410. The van der Waals surface area contributed by atoms with Crippen LogP contribution < -0.4 is 4.74 Å². The molecule has 0 bridgehead atoms. The molecule has 0 amide bonds. The summed E-state index contributed by atoms with van der Waals surface area (Å²) in [6.45, 7) is -0.122. The van der Waals surface area contributed by atoms with Gasteiger partial charge in [0.05, 0.1) is 13.5 Å². The third kappa shape index (κ3) is 4.41. The van der Waals surface area contributed by atoms with Gasteiger partial charge in [0.15, 0.2) is 6.61 Å². The fraction of sp³-hybridized carbons (Fsp3) is 0.167. The highest BCUT2D eigenvalue weighted by Crippen LogP contribution is 2.17. The molecule has 0 aliphatic rings. The number of nitrogens with zero attached hydrogens (tertiary/aromatic N) is 2. The molecule has 0 saturated heterocycles. The van der Waals surface area contributed by atoms with Gasteiger partial charge in [-0.05, 0) is 42.0 Å². The molecule has 0 saturated carbocycles. The number of hydrogen-bond acceptors (Lipinski definition) is 6. The molecule has 25 heavy (non-hydrogen) atoms. The molecule has 6 nitrogen and oxygen atoms in total. The van der Waals surface area contributed by atoms with E-state index in [4.69, 9.17) is 14.0 Å². The van der Waals surface area contributed by atoms with Crippen molar-refractivity contribution in [3.63, 3.8) is 0 Å². The fourth-order valence-corrected chi connectivity index (χ4v) is 2.13. The summed E-state index contributed by atoms with van der Waals surface area (Å²) >= 11 is 0. The number of halogens is 1. The van der Waals surface area contributed by atoms with Gasteiger partial charge in [-0.15, -0.1) is 0 Å². The number of methoxy groups -OCH3 is 1. The number of rotatable bonds is 6. The van der Waals surface area contributed by atoms with Crippen LogP contribution in [-0.4, -0.2) is 23.2 Å². The molecule has 0 fully saturated rings. The summed E-state index contributed by atoms with van der Waals surface area (Å²) < 4.78 is 28.1. The molecule has 0 N–H and O–H groups in total. The van der Waals surface area contributed by atoms with E-state index in [1.54, 1.807) is 43.5 Å². The number of hydrogen-bond donors (Lipinski definition) is 0. The van der Waals surface area contributed by atoms with Crippen LogP contribution in [0.4, 0.5) is 4.39 Å². The molecule has 0 aliphatic carbocycles. The van der Waals surface area contributed by atoms with Crippen molar-refractivity contribution in [2.45, 2.75) is 13.0 Å². The number of carbonyl (C=O) groups is 1. The zero-order valence-corrected chi connectivity index (χ0v) is 13.4. The van der Waals surface area contributed by atoms with Crippen molar-refractivity contribution in [2.24, 2.45) is 0 Å². The number of esters is 1. The van der Waals surface area contributed by atoms with E-state index in [0.29, 0.717) is 11.4 Å². The van der Waals surface area contributed by atoms with Crippen LogP contribution in [0.3, 0.4) is 0 Å². The lowest BCUT2D eigenvalue weighted by Gasteiger charge is -2.03. The minimum absolute atomic E-state index is 0.122. The first-order chi connectivity index (χ1) is 12.1. The molecule has 1 aromatic heterocycles. The quantitative estimate of drug-likeness (QED) is 0.641. The summed E-state index contributed by atoms with van der Waals surface area (Å²) in [6.07, 6.45) is 0.128. The van der Waals surface area contributed by atoms with Gasteiger partial charge in [-0.2, -0.15) is 4.98 Å². The second-order valence-electron chi connectivity index (χ2n) is 5.20. The molecule has 7 heteroatoms. The first-order valence-corrected chi connectivity index (χ1v) is 7.51. The summed E-state index contributed by atoms with van der Waals surface area (Å²) in [5.74, 6) is 0.437. The van der Waals surface area contributed by atoms with Crippen LogP contribution in [0, 0.1) is 5.82 Å². The Morgan fingerprint density at radius 3 is 2.52 bits per heavy atom. The van der Waals surface area contributed by atoms with Gasteiger partial charge in [0.25, 0.3) is 5.89 Å². The van der Waals surface area contributed by atoms with E-state index in [0.717, 1.165) is 11.3 Å². The van der Waals surface area contributed by atoms with E-state index in [1.165, 1.54) is 12.1 Å². The summed E-state index contributed by atoms with van der Waals surface area (Å²) in [6, 6.07) is 12.8. The Morgan fingerprint density at radius 2 is 1.84 bits per heavy atom. The molecule has 0 unspecified atom stereocenters. The predicted molar refractivity (Wildman–Crippen MR) is 86.2 cm³/mol. The Bertz CT molecular complexity index is 844. The summed E-state index contributed by atoms with van der Waals surface area (Å²) in [4.78, 5) is 16.0. The van der Waals surface area contributed by atoms with E-state index >= 15 is 0 Å². The van der Waals surface area contributed by atoms with Crippen LogP contribution >= 0.6 is 0 Å². The lowest BCUT2D eigenvalue weighted by Crippen LogP contribution is -2.08. The van der Waals surface area contributed by atoms with Crippen LogP contribution in [0.25, 0.3) is 11.4 Å². The highest BCUT2D eigenvalue weighted by atomic mass is 19.1. The van der Waals surface area contributed by atoms with Gasteiger partial charge in [-0.3, -0.25) is 4.79 Å². The fourth-order valence-electron chi connectivity index (χ4n) is 2.13. The van der Waals surface area contributed by atoms with E-state index in [2.05, 4.69) is 10.1 Å². The highest BCUT2D eigenvalue weighted by Gasteiger charge is 2.12. The Labute approximate surface area is 143 Å². The van der Waals surface area contributed by atoms with Crippen molar-refractivity contribution in [3.8, 4) is 17.1 Å². The van der Waals surface area contributed by atoms with E-state index < -0.39 is 5.97 Å². The van der Waals surface area contributed by atoms with E-state index in [-0.39, 0.29) is 24.7 Å². The van der Waals surface area contributed by atoms with E-state index in [9.17, 15) is 9.18 Å². The molecule has 128 valence electrons. The number of benzene rings is 2. The lowest BCUT2D eigenvalue weighted by molar-refractivity contribution is -0.144. The maximum Gasteiger partial charge on any atom is 0.310 e. The molecule has 0 atom stereocenters. The van der Waals surface area contributed by atoms with Crippen molar-refractivity contribution in [2.75, 3.05) is 7.11 Å². The van der Waals surface area contributed by atoms with Crippen molar-refractivity contribution in [1.82, 2.24) is 10.1 Å². The molecule has 1 heterocycles. The second kappa shape index (κ2) is 7.57. The Hall–Kier alpha value is -3.22. The summed E-state index contributed by atoms with van der Waals surface area (Å²) in [5.41, 5.74) is 1.42. The number of aromatic nitrogens is 2. The molecular weight excluding hydrogens is 327 g/mol. The van der Waals surface area contributed by atoms with Gasteiger partial charge in [-0.25, -0.2) is 4.39 Å². The standard InChI is InChI=1S/C18H15FN2O4/c1-23-15-8-2-12(3-9-15)10-17(22)24-11-16-20-18(21-25-16)13-4-6-14(19)7-5-13/h2-9H,10-11H2,1H3. The average molecular weight is 342 g/mol. The van der Waals surface area contributed by atoms with Gasteiger partial charge >= 0.3 is 5.97 Å². The van der Waals surface area contributed by atoms with Crippen LogP contribution in [0.2, 0.25) is 0 Å². The predicted octanol–water partition coefficient (Wildman–Crippen LogP) is 3.17. The Morgan fingerprint density at radius 1 is 1.12 bits per heavy atom. The van der Waals surface area contributed by atoms with Crippen molar-refractivity contribution < 1.29 is 23.2 Å². The molecular formula is C18H15FN2O4. The molecule has 0 aliphatic heterocycles. The van der Waals surface area contributed by atoms with Crippen molar-refractivity contribution >= 4 is 5.97 Å². The van der Waals surface area contributed by atoms with Crippen LogP contribution in [0.15, 0.2) is 53.1 Å². The van der Waals surface area contributed by atoms with Crippen molar-refractivity contribution in [3.05, 3.63) is 65.8 Å². The maximum absolute atomic E-state index is 12.9.